The Labute approximate surface area is 169 Å². The van der Waals surface area contributed by atoms with Crippen LogP contribution in [0.5, 0.6) is 5.75 Å². The second-order valence-corrected chi connectivity index (χ2v) is 7.93. The van der Waals surface area contributed by atoms with Crippen molar-refractivity contribution in [2.24, 2.45) is 0 Å². The first-order valence-corrected chi connectivity index (χ1v) is 10.00. The van der Waals surface area contributed by atoms with Crippen LogP contribution in [0.25, 0.3) is 0 Å². The van der Waals surface area contributed by atoms with Gasteiger partial charge in [0, 0.05) is 29.3 Å². The molecule has 2 fully saturated rings. The number of hydrogen-bond acceptors (Lipinski definition) is 3. The van der Waals surface area contributed by atoms with E-state index in [0.29, 0.717) is 11.1 Å². The van der Waals surface area contributed by atoms with E-state index in [-0.39, 0.29) is 35.8 Å². The van der Waals surface area contributed by atoms with Gasteiger partial charge in [-0.05, 0) is 80.6 Å². The van der Waals surface area contributed by atoms with E-state index in [1.165, 1.54) is 24.3 Å². The lowest BCUT2D eigenvalue weighted by atomic mass is 9.95. The summed E-state index contributed by atoms with van der Waals surface area (Å²) in [6, 6.07) is 11.4. The lowest BCUT2D eigenvalue weighted by Crippen LogP contribution is -2.52. The molecule has 2 unspecified atom stereocenters. The Morgan fingerprint density at radius 2 is 1.72 bits per heavy atom. The minimum atomic E-state index is -0.361. The number of benzene rings is 2. The summed E-state index contributed by atoms with van der Waals surface area (Å²) in [5.41, 5.74) is 2.06. The molecular weight excluding hydrogens is 371 g/mol. The lowest BCUT2D eigenvalue weighted by Gasteiger charge is -2.39. The first-order valence-electron chi connectivity index (χ1n) is 10.00. The Balaban J connectivity index is 1.44. The smallest absolute Gasteiger partial charge is 0.254 e. The summed E-state index contributed by atoms with van der Waals surface area (Å²) in [7, 11) is 1.61. The summed E-state index contributed by atoms with van der Waals surface area (Å²) in [4.78, 5) is 27.7. The Morgan fingerprint density at radius 3 is 2.31 bits per heavy atom. The molecule has 2 aromatic rings. The van der Waals surface area contributed by atoms with Gasteiger partial charge < -0.3 is 15.0 Å². The maximum atomic E-state index is 13.2. The summed E-state index contributed by atoms with van der Waals surface area (Å²) in [5, 5.41) is 3.07. The van der Waals surface area contributed by atoms with Gasteiger partial charge >= 0.3 is 0 Å². The first-order chi connectivity index (χ1) is 14.0. The maximum absolute atomic E-state index is 13.2. The maximum Gasteiger partial charge on any atom is 0.254 e. The van der Waals surface area contributed by atoms with Crippen molar-refractivity contribution < 1.29 is 18.7 Å². The van der Waals surface area contributed by atoms with Gasteiger partial charge in [-0.2, -0.15) is 0 Å². The number of fused-ring (bicyclic) bond motifs is 2. The van der Waals surface area contributed by atoms with Gasteiger partial charge in [0.1, 0.15) is 11.6 Å². The number of amides is 2. The van der Waals surface area contributed by atoms with E-state index in [1.807, 2.05) is 30.0 Å². The van der Waals surface area contributed by atoms with E-state index in [1.54, 1.807) is 7.11 Å². The van der Waals surface area contributed by atoms with Gasteiger partial charge in [-0.25, -0.2) is 4.39 Å². The van der Waals surface area contributed by atoms with Gasteiger partial charge in [0.25, 0.3) is 11.8 Å². The van der Waals surface area contributed by atoms with E-state index in [0.717, 1.165) is 37.0 Å². The van der Waals surface area contributed by atoms with Gasteiger partial charge in [0.2, 0.25) is 0 Å². The third-order valence-electron chi connectivity index (χ3n) is 6.07. The average Bonchev–Trinajstić information content (AvgIpc) is 2.98. The zero-order valence-corrected chi connectivity index (χ0v) is 16.7. The standard InChI is InChI=1S/C23H25FN2O3/c1-14-11-20(29-2)9-10-21(14)23(28)26-18-7-8-19(26)13-17(12-18)25-22(27)15-3-5-16(24)6-4-15/h3-6,9-11,17-19H,7-8,12-13H2,1-2H3,(H,25,27). The van der Waals surface area contributed by atoms with Gasteiger partial charge in [-0.3, -0.25) is 9.59 Å². The fraction of sp³-hybridized carbons (Fsp3) is 0.391. The van der Waals surface area contributed by atoms with Crippen LogP contribution in [0.15, 0.2) is 42.5 Å². The topological polar surface area (TPSA) is 58.6 Å². The van der Waals surface area contributed by atoms with E-state index >= 15 is 0 Å². The monoisotopic (exact) mass is 396 g/mol. The molecule has 2 atom stereocenters. The van der Waals surface area contributed by atoms with Crippen LogP contribution in [0.2, 0.25) is 0 Å². The van der Waals surface area contributed by atoms with Crippen LogP contribution in [0.3, 0.4) is 0 Å². The van der Waals surface area contributed by atoms with Gasteiger partial charge in [0.15, 0.2) is 0 Å². The number of hydrogen-bond donors (Lipinski definition) is 1. The van der Waals surface area contributed by atoms with Crippen LogP contribution in [0.4, 0.5) is 4.39 Å². The van der Waals surface area contributed by atoms with Crippen molar-refractivity contribution in [1.82, 2.24) is 10.2 Å². The predicted octanol–water partition coefficient (Wildman–Crippen LogP) is 3.71. The number of halogens is 1. The highest BCUT2D eigenvalue weighted by Crippen LogP contribution is 2.37. The van der Waals surface area contributed by atoms with Gasteiger partial charge in [-0.1, -0.05) is 0 Å². The molecule has 0 aromatic heterocycles. The molecule has 2 aromatic carbocycles. The van der Waals surface area contributed by atoms with E-state index in [2.05, 4.69) is 5.32 Å². The highest BCUT2D eigenvalue weighted by atomic mass is 19.1. The average molecular weight is 396 g/mol. The largest absolute Gasteiger partial charge is 0.497 e. The Hall–Kier alpha value is -2.89. The predicted molar refractivity (Wildman–Crippen MR) is 108 cm³/mol. The molecule has 2 aliphatic heterocycles. The summed E-state index contributed by atoms with van der Waals surface area (Å²) >= 11 is 0. The van der Waals surface area contributed by atoms with Gasteiger partial charge in [0.05, 0.1) is 7.11 Å². The van der Waals surface area contributed by atoms with Crippen LogP contribution in [-0.4, -0.2) is 41.9 Å². The summed E-state index contributed by atoms with van der Waals surface area (Å²) < 4.78 is 18.3. The Kier molecular flexibility index (Phi) is 5.26. The molecule has 29 heavy (non-hydrogen) atoms. The lowest BCUT2D eigenvalue weighted by molar-refractivity contribution is 0.0549. The normalized spacial score (nSPS) is 23.0. The molecule has 2 bridgehead atoms. The van der Waals surface area contributed by atoms with Crippen molar-refractivity contribution in [2.75, 3.05) is 7.11 Å². The molecule has 0 radical (unpaired) electrons. The van der Waals surface area contributed by atoms with Crippen LogP contribution >= 0.6 is 0 Å². The van der Waals surface area contributed by atoms with Crippen LogP contribution < -0.4 is 10.1 Å². The zero-order valence-electron chi connectivity index (χ0n) is 16.7. The highest BCUT2D eigenvalue weighted by molar-refractivity contribution is 5.97. The summed E-state index contributed by atoms with van der Waals surface area (Å²) in [5.74, 6) is 0.241. The van der Waals surface area contributed by atoms with Crippen LogP contribution in [0.1, 0.15) is 52.0 Å². The minimum absolute atomic E-state index is 0.0195. The number of methoxy groups -OCH3 is 1. The summed E-state index contributed by atoms with van der Waals surface area (Å²) in [6.45, 7) is 1.92. The summed E-state index contributed by atoms with van der Waals surface area (Å²) in [6.07, 6.45) is 3.39. The SMILES string of the molecule is COc1ccc(C(=O)N2C3CCC2CC(NC(=O)c2ccc(F)cc2)C3)c(C)c1. The molecule has 6 heteroatoms. The zero-order chi connectivity index (χ0) is 20.5. The third-order valence-corrected chi connectivity index (χ3v) is 6.07. The van der Waals surface area contributed by atoms with Crippen LogP contribution in [-0.2, 0) is 0 Å². The second kappa shape index (κ2) is 7.85. The number of aryl methyl sites for hydroxylation is 1. The Morgan fingerprint density at radius 1 is 1.07 bits per heavy atom. The van der Waals surface area contributed by atoms with E-state index < -0.39 is 0 Å². The highest BCUT2D eigenvalue weighted by Gasteiger charge is 2.44. The molecule has 0 aliphatic carbocycles. The number of carbonyl (C=O) groups is 2. The number of nitrogens with one attached hydrogen (secondary N) is 1. The van der Waals surface area contributed by atoms with E-state index in [9.17, 15) is 14.0 Å². The van der Waals surface area contributed by atoms with Crippen LogP contribution in [0, 0.1) is 12.7 Å². The second-order valence-electron chi connectivity index (χ2n) is 7.93. The molecule has 5 nitrogen and oxygen atoms in total. The van der Waals surface area contributed by atoms with Crippen molar-refractivity contribution in [3.05, 3.63) is 65.0 Å². The number of piperidine rings is 1. The minimum Gasteiger partial charge on any atom is -0.497 e. The molecule has 0 saturated carbocycles. The molecule has 2 amide bonds. The molecule has 2 aliphatic rings. The molecular formula is C23H25FN2O3. The van der Waals surface area contributed by atoms with Crippen molar-refractivity contribution in [1.29, 1.82) is 0 Å². The van der Waals surface area contributed by atoms with Crippen molar-refractivity contribution in [3.63, 3.8) is 0 Å². The molecule has 4 rings (SSSR count). The molecule has 2 heterocycles. The number of nitrogens with zero attached hydrogens (tertiary/aromatic N) is 1. The van der Waals surface area contributed by atoms with Gasteiger partial charge in [-0.15, -0.1) is 0 Å². The Bertz CT molecular complexity index is 914. The molecule has 1 N–H and O–H groups in total. The molecule has 2 saturated heterocycles. The quantitative estimate of drug-likeness (QED) is 0.857. The van der Waals surface area contributed by atoms with Crippen molar-refractivity contribution >= 4 is 11.8 Å². The first kappa shape index (κ1) is 19.4. The number of ether oxygens (including phenoxy) is 1. The number of carbonyl (C=O) groups excluding carboxylic acids is 2. The van der Waals surface area contributed by atoms with Crippen molar-refractivity contribution in [3.8, 4) is 5.75 Å². The van der Waals surface area contributed by atoms with E-state index in [4.69, 9.17) is 4.74 Å². The number of rotatable bonds is 4. The molecule has 0 spiro atoms. The third kappa shape index (κ3) is 3.84. The van der Waals surface area contributed by atoms with Crippen molar-refractivity contribution in [2.45, 2.75) is 50.7 Å². The molecule has 152 valence electrons. The fourth-order valence-electron chi connectivity index (χ4n) is 4.64. The fourth-order valence-corrected chi connectivity index (χ4v) is 4.64.